The van der Waals surface area contributed by atoms with Crippen LogP contribution in [0.1, 0.15) is 43.7 Å². The molecule has 0 aliphatic carbocycles. The first-order chi connectivity index (χ1) is 13.0. The molecule has 2 heterocycles. The van der Waals surface area contributed by atoms with Gasteiger partial charge in [-0.25, -0.2) is 0 Å². The van der Waals surface area contributed by atoms with Crippen LogP contribution in [0, 0.1) is 5.92 Å². The third-order valence-electron chi connectivity index (χ3n) is 4.84. The highest BCUT2D eigenvalue weighted by Crippen LogP contribution is 2.22. The summed E-state index contributed by atoms with van der Waals surface area (Å²) in [7, 11) is 0. The number of hydrogen-bond donors (Lipinski definition) is 2. The Labute approximate surface area is 159 Å². The molecule has 2 N–H and O–H groups in total. The molecule has 144 valence electrons. The second kappa shape index (κ2) is 8.75. The molecular formula is C21H27N3O3. The Kier molecular flexibility index (Phi) is 6.16. The molecule has 0 bridgehead atoms. The molecule has 0 unspecified atom stereocenters. The van der Waals surface area contributed by atoms with Crippen LogP contribution in [0.15, 0.2) is 47.1 Å². The summed E-state index contributed by atoms with van der Waals surface area (Å²) in [4.78, 5) is 27.3. The summed E-state index contributed by atoms with van der Waals surface area (Å²) < 4.78 is 5.10. The fourth-order valence-electron chi connectivity index (χ4n) is 3.28. The van der Waals surface area contributed by atoms with Crippen molar-refractivity contribution < 1.29 is 14.0 Å². The summed E-state index contributed by atoms with van der Waals surface area (Å²) in [5, 5.41) is 5.65. The van der Waals surface area contributed by atoms with Gasteiger partial charge in [-0.05, 0) is 61.6 Å². The molecule has 2 aromatic rings. The van der Waals surface area contributed by atoms with E-state index in [0.717, 1.165) is 18.8 Å². The molecule has 1 aromatic heterocycles. The van der Waals surface area contributed by atoms with Gasteiger partial charge < -0.3 is 20.0 Å². The van der Waals surface area contributed by atoms with Crippen LogP contribution in [0.5, 0.6) is 0 Å². The lowest BCUT2D eigenvalue weighted by atomic mass is 10.0. The minimum absolute atomic E-state index is 0.0588. The zero-order valence-corrected chi connectivity index (χ0v) is 15.9. The van der Waals surface area contributed by atoms with E-state index in [1.165, 1.54) is 31.2 Å². The van der Waals surface area contributed by atoms with Gasteiger partial charge in [-0.15, -0.1) is 0 Å². The van der Waals surface area contributed by atoms with Crippen molar-refractivity contribution in [3.63, 3.8) is 0 Å². The van der Waals surface area contributed by atoms with Crippen molar-refractivity contribution in [1.29, 1.82) is 0 Å². The van der Waals surface area contributed by atoms with Gasteiger partial charge in [0, 0.05) is 24.5 Å². The lowest BCUT2D eigenvalue weighted by Gasteiger charge is -2.29. The number of furan rings is 1. The van der Waals surface area contributed by atoms with Crippen molar-refractivity contribution in [3.8, 4) is 0 Å². The lowest BCUT2D eigenvalue weighted by Crippen LogP contribution is -2.47. The molecule has 1 aliphatic heterocycles. The summed E-state index contributed by atoms with van der Waals surface area (Å²) >= 11 is 0. The van der Waals surface area contributed by atoms with Crippen molar-refractivity contribution in [2.75, 3.05) is 23.3 Å². The monoisotopic (exact) mass is 369 g/mol. The van der Waals surface area contributed by atoms with E-state index in [1.807, 2.05) is 38.1 Å². The van der Waals surface area contributed by atoms with Crippen molar-refractivity contribution >= 4 is 23.2 Å². The van der Waals surface area contributed by atoms with E-state index in [0.29, 0.717) is 0 Å². The van der Waals surface area contributed by atoms with Crippen LogP contribution in [0.4, 0.5) is 11.4 Å². The molecule has 1 aliphatic rings. The molecule has 27 heavy (non-hydrogen) atoms. The summed E-state index contributed by atoms with van der Waals surface area (Å²) in [6.07, 6.45) is 5.18. The van der Waals surface area contributed by atoms with Crippen LogP contribution in [-0.4, -0.2) is 30.9 Å². The number of carbonyl (C=O) groups is 2. The van der Waals surface area contributed by atoms with Gasteiger partial charge in [0.25, 0.3) is 5.91 Å². The van der Waals surface area contributed by atoms with E-state index >= 15 is 0 Å². The Hall–Kier alpha value is -2.76. The van der Waals surface area contributed by atoms with Crippen molar-refractivity contribution in [2.24, 2.45) is 5.92 Å². The van der Waals surface area contributed by atoms with Crippen molar-refractivity contribution in [2.45, 2.75) is 39.2 Å². The van der Waals surface area contributed by atoms with E-state index in [9.17, 15) is 9.59 Å². The Balaban J connectivity index is 1.62. The van der Waals surface area contributed by atoms with E-state index in [1.54, 1.807) is 12.1 Å². The molecule has 0 saturated carbocycles. The maximum Gasteiger partial charge on any atom is 0.287 e. The quantitative estimate of drug-likeness (QED) is 0.815. The molecule has 6 nitrogen and oxygen atoms in total. The van der Waals surface area contributed by atoms with Crippen LogP contribution in [-0.2, 0) is 4.79 Å². The highest BCUT2D eigenvalue weighted by molar-refractivity contribution is 6.00. The van der Waals surface area contributed by atoms with Gasteiger partial charge in [0.15, 0.2) is 5.76 Å². The Morgan fingerprint density at radius 3 is 2.33 bits per heavy atom. The zero-order chi connectivity index (χ0) is 19.2. The lowest BCUT2D eigenvalue weighted by molar-refractivity contribution is -0.118. The van der Waals surface area contributed by atoms with E-state index < -0.39 is 11.9 Å². The Morgan fingerprint density at radius 1 is 1.04 bits per heavy atom. The van der Waals surface area contributed by atoms with Crippen molar-refractivity contribution in [3.05, 3.63) is 48.4 Å². The first-order valence-corrected chi connectivity index (χ1v) is 9.55. The first kappa shape index (κ1) is 19.0. The number of piperidine rings is 1. The fraction of sp³-hybridized carbons (Fsp3) is 0.429. The smallest absolute Gasteiger partial charge is 0.287 e. The van der Waals surface area contributed by atoms with E-state index in [2.05, 4.69) is 15.5 Å². The topological polar surface area (TPSA) is 74.6 Å². The second-order valence-electron chi connectivity index (χ2n) is 7.26. The van der Waals surface area contributed by atoms with Gasteiger partial charge in [-0.1, -0.05) is 13.8 Å². The summed E-state index contributed by atoms with van der Waals surface area (Å²) in [5.74, 6) is -0.499. The zero-order valence-electron chi connectivity index (χ0n) is 15.9. The average Bonchev–Trinajstić information content (AvgIpc) is 3.22. The van der Waals surface area contributed by atoms with Gasteiger partial charge in [0.1, 0.15) is 6.04 Å². The SMILES string of the molecule is CC(C)[C@@H](NC(=O)c1ccco1)C(=O)Nc1ccc(N2CCCCC2)cc1. The summed E-state index contributed by atoms with van der Waals surface area (Å²) in [5.41, 5.74) is 1.90. The molecule has 1 aromatic carbocycles. The highest BCUT2D eigenvalue weighted by Gasteiger charge is 2.25. The number of nitrogens with zero attached hydrogens (tertiary/aromatic N) is 1. The number of carbonyl (C=O) groups excluding carboxylic acids is 2. The van der Waals surface area contributed by atoms with Gasteiger partial charge >= 0.3 is 0 Å². The Bertz CT molecular complexity index is 747. The van der Waals surface area contributed by atoms with Gasteiger partial charge in [0.05, 0.1) is 6.26 Å². The molecule has 1 fully saturated rings. The summed E-state index contributed by atoms with van der Waals surface area (Å²) in [6.45, 7) is 5.96. The number of benzene rings is 1. The predicted octanol–water partition coefficient (Wildman–Crippen LogP) is 3.66. The van der Waals surface area contributed by atoms with Crippen LogP contribution in [0.2, 0.25) is 0 Å². The average molecular weight is 369 g/mol. The van der Waals surface area contributed by atoms with Gasteiger partial charge in [-0.2, -0.15) is 0 Å². The number of hydrogen-bond acceptors (Lipinski definition) is 4. The molecule has 0 radical (unpaired) electrons. The summed E-state index contributed by atoms with van der Waals surface area (Å²) in [6, 6.07) is 10.5. The third kappa shape index (κ3) is 4.90. The predicted molar refractivity (Wildman–Crippen MR) is 106 cm³/mol. The number of rotatable bonds is 6. The first-order valence-electron chi connectivity index (χ1n) is 9.55. The molecule has 6 heteroatoms. The van der Waals surface area contributed by atoms with Crippen LogP contribution < -0.4 is 15.5 Å². The molecule has 1 atom stereocenters. The van der Waals surface area contributed by atoms with E-state index in [4.69, 9.17) is 4.42 Å². The molecule has 0 spiro atoms. The third-order valence-corrected chi connectivity index (χ3v) is 4.84. The van der Waals surface area contributed by atoms with Crippen LogP contribution >= 0.6 is 0 Å². The van der Waals surface area contributed by atoms with E-state index in [-0.39, 0.29) is 17.6 Å². The molecule has 2 amide bonds. The van der Waals surface area contributed by atoms with Gasteiger partial charge in [0.2, 0.25) is 5.91 Å². The number of amides is 2. The normalized spacial score (nSPS) is 15.4. The minimum atomic E-state index is -0.649. The van der Waals surface area contributed by atoms with Crippen molar-refractivity contribution in [1.82, 2.24) is 5.32 Å². The Morgan fingerprint density at radius 2 is 1.74 bits per heavy atom. The number of anilines is 2. The fourth-order valence-corrected chi connectivity index (χ4v) is 3.28. The largest absolute Gasteiger partial charge is 0.459 e. The second-order valence-corrected chi connectivity index (χ2v) is 7.26. The van der Waals surface area contributed by atoms with Crippen LogP contribution in [0.3, 0.4) is 0 Å². The number of nitrogens with one attached hydrogen (secondary N) is 2. The molecule has 3 rings (SSSR count). The standard InChI is InChI=1S/C21H27N3O3/c1-15(2)19(23-20(25)18-7-6-14-27-18)21(26)22-16-8-10-17(11-9-16)24-12-4-3-5-13-24/h6-11,14-15,19H,3-5,12-13H2,1-2H3,(H,22,26)(H,23,25)/t19-/m1/s1. The van der Waals surface area contributed by atoms with Crippen LogP contribution in [0.25, 0.3) is 0 Å². The molecule has 1 saturated heterocycles. The maximum atomic E-state index is 12.7. The maximum absolute atomic E-state index is 12.7. The molecular weight excluding hydrogens is 342 g/mol. The minimum Gasteiger partial charge on any atom is -0.459 e. The van der Waals surface area contributed by atoms with Gasteiger partial charge in [-0.3, -0.25) is 9.59 Å². The highest BCUT2D eigenvalue weighted by atomic mass is 16.3.